The van der Waals surface area contributed by atoms with Crippen LogP contribution in [0, 0.1) is 0 Å². The summed E-state index contributed by atoms with van der Waals surface area (Å²) in [7, 11) is 1.33. The van der Waals surface area contributed by atoms with Gasteiger partial charge in [0, 0.05) is 26.2 Å². The number of hydrogen-bond acceptors (Lipinski definition) is 6. The number of ether oxygens (including phenoxy) is 1. The number of thiophene rings is 1. The molecule has 8 heteroatoms. The highest BCUT2D eigenvalue weighted by Crippen LogP contribution is 2.24. The van der Waals surface area contributed by atoms with E-state index < -0.39 is 5.97 Å². The molecular formula is C17H19BrN2O4S. The fourth-order valence-corrected chi connectivity index (χ4v) is 4.16. The highest BCUT2D eigenvalue weighted by atomic mass is 79.9. The first-order chi connectivity index (χ1) is 12.1. The third-order valence-electron chi connectivity index (χ3n) is 4.09. The molecule has 134 valence electrons. The van der Waals surface area contributed by atoms with Crippen LogP contribution in [0.3, 0.4) is 0 Å². The van der Waals surface area contributed by atoms with Crippen LogP contribution in [0.2, 0.25) is 0 Å². The lowest BCUT2D eigenvalue weighted by molar-refractivity contribution is 0.0560. The fourth-order valence-electron chi connectivity index (χ4n) is 2.81. The van der Waals surface area contributed by atoms with Gasteiger partial charge in [-0.3, -0.25) is 9.69 Å². The lowest BCUT2D eigenvalue weighted by atomic mass is 10.3. The summed E-state index contributed by atoms with van der Waals surface area (Å²) < 4.78 is 11.1. The molecule has 1 aliphatic heterocycles. The van der Waals surface area contributed by atoms with Gasteiger partial charge in [0.25, 0.3) is 5.91 Å². The number of carbonyl (C=O) groups is 2. The Bertz CT molecular complexity index is 757. The predicted molar refractivity (Wildman–Crippen MR) is 97.9 cm³/mol. The quantitative estimate of drug-likeness (QED) is 0.702. The Kier molecular flexibility index (Phi) is 5.93. The molecule has 1 aliphatic rings. The number of amides is 1. The van der Waals surface area contributed by atoms with Crippen LogP contribution in [0.15, 0.2) is 32.5 Å². The summed E-state index contributed by atoms with van der Waals surface area (Å²) >= 11 is 4.86. The van der Waals surface area contributed by atoms with Crippen LogP contribution in [-0.2, 0) is 11.3 Å². The maximum atomic E-state index is 12.6. The first kappa shape index (κ1) is 18.2. The number of methoxy groups -OCH3 is 1. The van der Waals surface area contributed by atoms with Gasteiger partial charge in [-0.25, -0.2) is 4.79 Å². The lowest BCUT2D eigenvalue weighted by Gasteiger charge is -2.21. The SMILES string of the molecule is COC(=O)c1ccc(CN2CCCN(C(=O)c3ccc(Br)s3)CC2)o1. The highest BCUT2D eigenvalue weighted by Gasteiger charge is 2.22. The molecule has 1 fully saturated rings. The molecule has 0 radical (unpaired) electrons. The number of hydrogen-bond donors (Lipinski definition) is 0. The average Bonchev–Trinajstić information content (AvgIpc) is 3.18. The number of furan rings is 1. The maximum Gasteiger partial charge on any atom is 0.373 e. The van der Waals surface area contributed by atoms with E-state index in [0.29, 0.717) is 13.1 Å². The first-order valence-corrected chi connectivity index (χ1v) is 9.62. The second kappa shape index (κ2) is 8.16. The van der Waals surface area contributed by atoms with E-state index in [9.17, 15) is 9.59 Å². The lowest BCUT2D eigenvalue weighted by Crippen LogP contribution is -2.34. The predicted octanol–water partition coefficient (Wildman–Crippen LogP) is 3.24. The molecule has 3 rings (SSSR count). The molecule has 0 aromatic carbocycles. The monoisotopic (exact) mass is 426 g/mol. The van der Waals surface area contributed by atoms with Gasteiger partial charge >= 0.3 is 5.97 Å². The van der Waals surface area contributed by atoms with Gasteiger partial charge < -0.3 is 14.1 Å². The van der Waals surface area contributed by atoms with Crippen molar-refractivity contribution in [3.05, 3.63) is 44.4 Å². The zero-order valence-electron chi connectivity index (χ0n) is 13.9. The van der Waals surface area contributed by atoms with Crippen molar-refractivity contribution in [3.8, 4) is 0 Å². The molecule has 1 saturated heterocycles. The van der Waals surface area contributed by atoms with Crippen molar-refractivity contribution in [1.82, 2.24) is 9.80 Å². The maximum absolute atomic E-state index is 12.6. The van der Waals surface area contributed by atoms with Gasteiger partial charge in [-0.2, -0.15) is 0 Å². The van der Waals surface area contributed by atoms with E-state index in [1.165, 1.54) is 18.4 Å². The Balaban J connectivity index is 1.57. The zero-order chi connectivity index (χ0) is 17.8. The summed E-state index contributed by atoms with van der Waals surface area (Å²) in [4.78, 5) is 28.9. The molecule has 0 unspecified atom stereocenters. The van der Waals surface area contributed by atoms with Crippen molar-refractivity contribution in [3.63, 3.8) is 0 Å². The molecule has 3 heterocycles. The van der Waals surface area contributed by atoms with Crippen LogP contribution >= 0.6 is 27.3 Å². The van der Waals surface area contributed by atoms with Gasteiger partial charge in [-0.05, 0) is 46.6 Å². The van der Waals surface area contributed by atoms with E-state index in [0.717, 1.165) is 40.5 Å². The van der Waals surface area contributed by atoms with Crippen LogP contribution in [0.5, 0.6) is 0 Å². The molecule has 25 heavy (non-hydrogen) atoms. The van der Waals surface area contributed by atoms with Crippen molar-refractivity contribution in [2.45, 2.75) is 13.0 Å². The highest BCUT2D eigenvalue weighted by molar-refractivity contribution is 9.11. The smallest absolute Gasteiger partial charge is 0.373 e. The van der Waals surface area contributed by atoms with Crippen LogP contribution in [0.1, 0.15) is 32.4 Å². The van der Waals surface area contributed by atoms with Gasteiger partial charge in [0.05, 0.1) is 22.3 Å². The number of rotatable bonds is 4. The van der Waals surface area contributed by atoms with E-state index in [2.05, 4.69) is 25.6 Å². The summed E-state index contributed by atoms with van der Waals surface area (Å²) in [5, 5.41) is 0. The van der Waals surface area contributed by atoms with Crippen molar-refractivity contribution >= 4 is 39.1 Å². The second-order valence-corrected chi connectivity index (χ2v) is 8.25. The summed E-state index contributed by atoms with van der Waals surface area (Å²) in [6.45, 7) is 3.69. The van der Waals surface area contributed by atoms with Crippen molar-refractivity contribution in [2.75, 3.05) is 33.3 Å². The number of nitrogens with zero attached hydrogens (tertiary/aromatic N) is 2. The molecular weight excluding hydrogens is 408 g/mol. The summed E-state index contributed by atoms with van der Waals surface area (Å²) in [5.74, 6) is 0.555. The minimum absolute atomic E-state index is 0.0866. The fraction of sp³-hybridized carbons (Fsp3) is 0.412. The topological polar surface area (TPSA) is 63.0 Å². The molecule has 6 nitrogen and oxygen atoms in total. The summed E-state index contributed by atoms with van der Waals surface area (Å²) in [6, 6.07) is 7.18. The molecule has 0 saturated carbocycles. The van der Waals surface area contributed by atoms with Gasteiger partial charge in [0.2, 0.25) is 5.76 Å². The van der Waals surface area contributed by atoms with E-state index in [-0.39, 0.29) is 11.7 Å². The molecule has 0 atom stereocenters. The standard InChI is InChI=1S/C17H19BrN2O4S/c1-23-17(22)13-4-3-12(24-13)11-19-7-2-8-20(10-9-19)16(21)14-5-6-15(18)25-14/h3-6H,2,7-11H2,1H3. The van der Waals surface area contributed by atoms with E-state index in [1.807, 2.05) is 17.0 Å². The third-order valence-corrected chi connectivity index (χ3v) is 5.70. The van der Waals surface area contributed by atoms with Crippen LogP contribution in [0.4, 0.5) is 0 Å². The average molecular weight is 427 g/mol. The van der Waals surface area contributed by atoms with E-state index in [1.54, 1.807) is 12.1 Å². The zero-order valence-corrected chi connectivity index (χ0v) is 16.3. The Morgan fingerprint density at radius 1 is 1.20 bits per heavy atom. The van der Waals surface area contributed by atoms with E-state index in [4.69, 9.17) is 4.42 Å². The largest absolute Gasteiger partial charge is 0.463 e. The summed E-state index contributed by atoms with van der Waals surface area (Å²) in [6.07, 6.45) is 0.906. The van der Waals surface area contributed by atoms with Crippen LogP contribution in [-0.4, -0.2) is 55.0 Å². The minimum Gasteiger partial charge on any atom is -0.463 e. The molecule has 0 aliphatic carbocycles. The second-order valence-electron chi connectivity index (χ2n) is 5.78. The van der Waals surface area contributed by atoms with Crippen molar-refractivity contribution in [2.24, 2.45) is 0 Å². The Morgan fingerprint density at radius 3 is 2.76 bits per heavy atom. The molecule has 1 amide bonds. The molecule has 0 bridgehead atoms. The van der Waals surface area contributed by atoms with Crippen LogP contribution in [0.25, 0.3) is 0 Å². The number of halogens is 1. The Labute approximate surface area is 158 Å². The van der Waals surface area contributed by atoms with Gasteiger partial charge in [0.1, 0.15) is 5.76 Å². The molecule has 2 aromatic rings. The summed E-state index contributed by atoms with van der Waals surface area (Å²) in [5.41, 5.74) is 0. The molecule has 0 N–H and O–H groups in total. The minimum atomic E-state index is -0.471. The van der Waals surface area contributed by atoms with E-state index >= 15 is 0 Å². The number of esters is 1. The number of carbonyl (C=O) groups excluding carboxylic acids is 2. The Morgan fingerprint density at radius 2 is 2.04 bits per heavy atom. The van der Waals surface area contributed by atoms with Crippen LogP contribution < -0.4 is 0 Å². The molecule has 2 aromatic heterocycles. The normalized spacial score (nSPS) is 15.8. The van der Waals surface area contributed by atoms with Gasteiger partial charge in [0.15, 0.2) is 0 Å². The van der Waals surface area contributed by atoms with Crippen molar-refractivity contribution < 1.29 is 18.7 Å². The van der Waals surface area contributed by atoms with Gasteiger partial charge in [-0.15, -0.1) is 11.3 Å². The first-order valence-electron chi connectivity index (χ1n) is 8.01. The third kappa shape index (κ3) is 4.50. The van der Waals surface area contributed by atoms with Gasteiger partial charge in [-0.1, -0.05) is 0 Å². The molecule has 0 spiro atoms. The Hall–Kier alpha value is -1.64. The van der Waals surface area contributed by atoms with Crippen molar-refractivity contribution in [1.29, 1.82) is 0 Å².